The molecule has 0 radical (unpaired) electrons. The van der Waals surface area contributed by atoms with Gasteiger partial charge in [-0.2, -0.15) is 0 Å². The second-order valence-corrected chi connectivity index (χ2v) is 18.5. The molecule has 0 bridgehead atoms. The number of carbonyl (C=O) groups excluding carboxylic acids is 1. The summed E-state index contributed by atoms with van der Waals surface area (Å²) >= 11 is 0. The fraction of sp³-hybridized carbons (Fsp3) is 0.907. The van der Waals surface area contributed by atoms with Crippen molar-refractivity contribution in [3.63, 3.8) is 0 Å². The molecule has 5 nitrogen and oxygen atoms in total. The van der Waals surface area contributed by atoms with Crippen LogP contribution >= 0.6 is 0 Å². The van der Waals surface area contributed by atoms with E-state index in [9.17, 15) is 20.1 Å². The Morgan fingerprint density at radius 1 is 0.424 bits per heavy atom. The van der Waals surface area contributed by atoms with E-state index in [2.05, 4.69) is 31.3 Å². The minimum absolute atomic E-state index is 0.0102. The van der Waals surface area contributed by atoms with Gasteiger partial charge in [-0.25, -0.2) is 0 Å². The van der Waals surface area contributed by atoms with Crippen molar-refractivity contribution in [2.45, 2.75) is 308 Å². The lowest BCUT2D eigenvalue weighted by atomic mass is 10.0. The lowest BCUT2D eigenvalue weighted by molar-refractivity contribution is -0.124. The molecule has 1 amide bonds. The van der Waals surface area contributed by atoms with E-state index < -0.39 is 18.2 Å². The van der Waals surface area contributed by atoms with E-state index in [4.69, 9.17) is 0 Å². The van der Waals surface area contributed by atoms with Gasteiger partial charge >= 0.3 is 0 Å². The molecule has 0 aromatic rings. The number of nitrogens with one attached hydrogen (secondary N) is 1. The van der Waals surface area contributed by atoms with Crippen molar-refractivity contribution < 1.29 is 20.1 Å². The van der Waals surface area contributed by atoms with Crippen LogP contribution in [0, 0.1) is 0 Å². The Kier molecular flexibility index (Phi) is 48.5. The summed E-state index contributed by atoms with van der Waals surface area (Å²) in [5.41, 5.74) is 0. The Balaban J connectivity index is 3.56. The normalized spacial score (nSPS) is 13.5. The third-order valence-corrected chi connectivity index (χ3v) is 12.5. The summed E-state index contributed by atoms with van der Waals surface area (Å²) in [5.74, 6) is -0.320. The first kappa shape index (κ1) is 57.8. The molecule has 5 heteroatoms. The highest BCUT2D eigenvalue weighted by atomic mass is 16.3. The molecule has 3 unspecified atom stereocenters. The monoisotopic (exact) mass is 832 g/mol. The van der Waals surface area contributed by atoms with E-state index in [0.29, 0.717) is 6.42 Å². The first-order valence-electron chi connectivity index (χ1n) is 26.6. The van der Waals surface area contributed by atoms with E-state index in [-0.39, 0.29) is 18.9 Å². The molecule has 0 aromatic heterocycles. The van der Waals surface area contributed by atoms with Crippen molar-refractivity contribution >= 4 is 5.91 Å². The number of carbonyl (C=O) groups is 1. The van der Waals surface area contributed by atoms with E-state index in [0.717, 1.165) is 32.1 Å². The molecular formula is C54H105NO4. The molecule has 0 aliphatic carbocycles. The fourth-order valence-electron chi connectivity index (χ4n) is 8.42. The van der Waals surface area contributed by atoms with Crippen LogP contribution in [-0.2, 0) is 4.79 Å². The molecule has 0 rings (SSSR count). The third-order valence-electron chi connectivity index (χ3n) is 12.5. The van der Waals surface area contributed by atoms with Crippen LogP contribution in [0.25, 0.3) is 0 Å². The molecule has 0 saturated carbocycles. The van der Waals surface area contributed by atoms with Gasteiger partial charge < -0.3 is 20.6 Å². The maximum atomic E-state index is 12.5. The molecule has 0 aliphatic heterocycles. The van der Waals surface area contributed by atoms with Gasteiger partial charge in [0.15, 0.2) is 0 Å². The summed E-state index contributed by atoms with van der Waals surface area (Å²) in [6.07, 6.45) is 62.2. The van der Waals surface area contributed by atoms with Crippen molar-refractivity contribution in [3.05, 3.63) is 24.3 Å². The second-order valence-electron chi connectivity index (χ2n) is 18.5. The predicted octanol–water partition coefficient (Wildman–Crippen LogP) is 16.1. The molecule has 0 spiro atoms. The quantitative estimate of drug-likeness (QED) is 0.0363. The van der Waals surface area contributed by atoms with Crippen LogP contribution in [0.4, 0.5) is 0 Å². The topological polar surface area (TPSA) is 89.8 Å². The van der Waals surface area contributed by atoms with Gasteiger partial charge in [-0.05, 0) is 32.1 Å². The highest BCUT2D eigenvalue weighted by molar-refractivity contribution is 5.76. The third kappa shape index (κ3) is 46.2. The van der Waals surface area contributed by atoms with Gasteiger partial charge in [0.25, 0.3) is 0 Å². The highest BCUT2D eigenvalue weighted by Gasteiger charge is 2.20. The Labute approximate surface area is 369 Å². The number of aliphatic hydroxyl groups is 3. The largest absolute Gasteiger partial charge is 0.394 e. The van der Waals surface area contributed by atoms with E-state index >= 15 is 0 Å². The highest BCUT2D eigenvalue weighted by Crippen LogP contribution is 2.17. The van der Waals surface area contributed by atoms with E-state index in [1.165, 1.54) is 231 Å². The smallest absolute Gasteiger partial charge is 0.222 e. The summed E-state index contributed by atoms with van der Waals surface area (Å²) in [4.78, 5) is 12.5. The Bertz CT molecular complexity index is 874. The lowest BCUT2D eigenvalue weighted by Crippen LogP contribution is -2.45. The van der Waals surface area contributed by atoms with Gasteiger partial charge in [0.1, 0.15) is 0 Å². The number of aliphatic hydroxyl groups excluding tert-OH is 3. The van der Waals surface area contributed by atoms with Crippen LogP contribution in [0.1, 0.15) is 290 Å². The maximum Gasteiger partial charge on any atom is 0.222 e. The van der Waals surface area contributed by atoms with E-state index in [1.807, 2.05) is 6.08 Å². The zero-order chi connectivity index (χ0) is 43.0. The minimum atomic E-state index is -0.949. The average molecular weight is 832 g/mol. The summed E-state index contributed by atoms with van der Waals surface area (Å²) < 4.78 is 0. The number of amides is 1. The molecule has 0 aliphatic rings. The van der Waals surface area contributed by atoms with Crippen LogP contribution in [0.3, 0.4) is 0 Å². The van der Waals surface area contributed by atoms with Crippen molar-refractivity contribution in [1.29, 1.82) is 0 Å². The minimum Gasteiger partial charge on any atom is -0.394 e. The number of unbranched alkanes of at least 4 members (excludes halogenated alkanes) is 38. The first-order valence-corrected chi connectivity index (χ1v) is 26.6. The van der Waals surface area contributed by atoms with Crippen molar-refractivity contribution in [3.8, 4) is 0 Å². The maximum absolute atomic E-state index is 12.5. The second kappa shape index (κ2) is 49.5. The predicted molar refractivity (Wildman–Crippen MR) is 259 cm³/mol. The van der Waals surface area contributed by atoms with Gasteiger partial charge in [-0.1, -0.05) is 276 Å². The van der Waals surface area contributed by atoms with Gasteiger partial charge in [0.2, 0.25) is 5.91 Å². The van der Waals surface area contributed by atoms with Gasteiger partial charge in [-0.15, -0.1) is 0 Å². The van der Waals surface area contributed by atoms with Crippen molar-refractivity contribution in [1.82, 2.24) is 5.32 Å². The van der Waals surface area contributed by atoms with Crippen molar-refractivity contribution in [2.75, 3.05) is 6.61 Å². The summed E-state index contributed by atoms with van der Waals surface area (Å²) in [6.45, 7) is 4.23. The molecule has 59 heavy (non-hydrogen) atoms. The molecule has 0 saturated heterocycles. The van der Waals surface area contributed by atoms with Gasteiger partial charge in [0, 0.05) is 0 Å². The summed E-state index contributed by atoms with van der Waals surface area (Å²) in [6, 6.07) is -0.758. The molecule has 4 N–H and O–H groups in total. The zero-order valence-corrected chi connectivity index (χ0v) is 39.9. The zero-order valence-electron chi connectivity index (χ0n) is 39.9. The van der Waals surface area contributed by atoms with Gasteiger partial charge in [0.05, 0.1) is 31.3 Å². The van der Waals surface area contributed by atoms with Crippen LogP contribution in [-0.4, -0.2) is 46.1 Å². The number of hydrogen-bond donors (Lipinski definition) is 4. The Morgan fingerprint density at radius 2 is 0.729 bits per heavy atom. The van der Waals surface area contributed by atoms with Crippen LogP contribution in [0.15, 0.2) is 24.3 Å². The number of hydrogen-bond acceptors (Lipinski definition) is 4. The van der Waals surface area contributed by atoms with Crippen molar-refractivity contribution in [2.24, 2.45) is 0 Å². The average Bonchev–Trinajstić information content (AvgIpc) is 3.23. The standard InChI is InChI=1S/C54H105NO4/c1-3-5-7-9-11-13-15-17-19-21-22-23-24-25-26-27-28-29-30-32-33-35-37-39-41-43-45-47-51(57)49-54(59)55-52(50-56)53(58)48-46-44-42-40-38-36-34-31-20-18-16-14-12-10-8-6-4-2/h38,40,46,48,51-53,56-58H,3-37,39,41-45,47,49-50H2,1-2H3,(H,55,59)/b40-38+,48-46+. The molecule has 0 aromatic carbocycles. The SMILES string of the molecule is CCCCCCCCCCCCC/C=C/CC/C=C/C(O)C(CO)NC(=O)CC(O)CCCCCCCCCCCCCCCCCCCCCCCCCCCCC. The van der Waals surface area contributed by atoms with Gasteiger partial charge in [-0.3, -0.25) is 4.79 Å². The molecule has 3 atom stereocenters. The summed E-state index contributed by atoms with van der Waals surface area (Å²) in [5, 5.41) is 33.3. The fourth-order valence-corrected chi connectivity index (χ4v) is 8.42. The lowest BCUT2D eigenvalue weighted by Gasteiger charge is -2.21. The van der Waals surface area contributed by atoms with E-state index in [1.54, 1.807) is 6.08 Å². The van der Waals surface area contributed by atoms with Crippen LogP contribution in [0.5, 0.6) is 0 Å². The van der Waals surface area contributed by atoms with Crippen LogP contribution < -0.4 is 5.32 Å². The Hall–Kier alpha value is -1.17. The molecule has 0 heterocycles. The summed E-state index contributed by atoms with van der Waals surface area (Å²) in [7, 11) is 0. The number of allylic oxidation sites excluding steroid dienone is 3. The Morgan fingerprint density at radius 3 is 1.08 bits per heavy atom. The molecular weight excluding hydrogens is 727 g/mol. The molecule has 350 valence electrons. The first-order chi connectivity index (χ1) is 29.0. The molecule has 0 fully saturated rings. The van der Waals surface area contributed by atoms with Crippen LogP contribution in [0.2, 0.25) is 0 Å². The number of rotatable bonds is 49.